The van der Waals surface area contributed by atoms with Crippen LogP contribution in [0.4, 0.5) is 10.5 Å². The van der Waals surface area contributed by atoms with E-state index in [0.717, 1.165) is 43.3 Å². The van der Waals surface area contributed by atoms with Crippen LogP contribution in [0.5, 0.6) is 0 Å². The highest BCUT2D eigenvalue weighted by Gasteiger charge is 2.31. The first-order chi connectivity index (χ1) is 12.2. The van der Waals surface area contributed by atoms with Crippen LogP contribution in [-0.4, -0.2) is 71.0 Å². The maximum atomic E-state index is 12.7. The van der Waals surface area contributed by atoms with Gasteiger partial charge < -0.3 is 15.0 Å². The molecule has 7 nitrogen and oxygen atoms in total. The van der Waals surface area contributed by atoms with Gasteiger partial charge in [0.1, 0.15) is 0 Å². The van der Waals surface area contributed by atoms with Gasteiger partial charge in [-0.05, 0) is 19.1 Å². The van der Waals surface area contributed by atoms with E-state index in [4.69, 9.17) is 4.74 Å². The number of hydrogen-bond donors (Lipinski definition) is 1. The standard InChI is InChI=1S/C18H23N5O2/c1-14-17(11-19-23(14)15-5-3-2-4-6-15)20-18(24)22-8-7-21-9-10-25-13-16(21)12-22/h2-6,11,16H,7-10,12-13H2,1H3,(H,20,24). The molecule has 1 aromatic carbocycles. The van der Waals surface area contributed by atoms with Crippen LogP contribution in [0, 0.1) is 6.92 Å². The molecule has 7 heteroatoms. The molecule has 0 aliphatic carbocycles. The van der Waals surface area contributed by atoms with Crippen molar-refractivity contribution in [2.45, 2.75) is 13.0 Å². The maximum absolute atomic E-state index is 12.7. The molecular weight excluding hydrogens is 318 g/mol. The molecule has 2 aromatic rings. The van der Waals surface area contributed by atoms with Gasteiger partial charge in [0.15, 0.2) is 0 Å². The predicted octanol–water partition coefficient (Wildman–Crippen LogP) is 1.73. The summed E-state index contributed by atoms with van der Waals surface area (Å²) in [5, 5.41) is 7.41. The maximum Gasteiger partial charge on any atom is 0.322 e. The fraction of sp³-hybridized carbons (Fsp3) is 0.444. The van der Waals surface area contributed by atoms with Crippen molar-refractivity contribution in [3.63, 3.8) is 0 Å². The molecule has 1 unspecified atom stereocenters. The van der Waals surface area contributed by atoms with Crippen LogP contribution in [0.2, 0.25) is 0 Å². The lowest BCUT2D eigenvalue weighted by molar-refractivity contribution is -0.0355. The highest BCUT2D eigenvalue weighted by atomic mass is 16.5. The Balaban J connectivity index is 1.44. The zero-order valence-electron chi connectivity index (χ0n) is 14.4. The van der Waals surface area contributed by atoms with E-state index in [-0.39, 0.29) is 6.03 Å². The second-order valence-corrected chi connectivity index (χ2v) is 6.53. The van der Waals surface area contributed by atoms with Crippen molar-refractivity contribution in [3.05, 3.63) is 42.2 Å². The zero-order valence-corrected chi connectivity index (χ0v) is 14.4. The van der Waals surface area contributed by atoms with Gasteiger partial charge in [-0.1, -0.05) is 18.2 Å². The minimum Gasteiger partial charge on any atom is -0.378 e. The van der Waals surface area contributed by atoms with E-state index in [9.17, 15) is 4.79 Å². The Morgan fingerprint density at radius 3 is 2.92 bits per heavy atom. The van der Waals surface area contributed by atoms with E-state index in [1.54, 1.807) is 6.20 Å². The molecule has 2 aliphatic rings. The Morgan fingerprint density at radius 1 is 1.24 bits per heavy atom. The average Bonchev–Trinajstić information content (AvgIpc) is 3.02. The number of para-hydroxylation sites is 1. The Hall–Kier alpha value is -2.38. The zero-order chi connectivity index (χ0) is 17.2. The summed E-state index contributed by atoms with van der Waals surface area (Å²) in [5.41, 5.74) is 2.64. The molecule has 2 fully saturated rings. The lowest BCUT2D eigenvalue weighted by Crippen LogP contribution is -2.59. The number of carbonyl (C=O) groups excluding carboxylic acids is 1. The van der Waals surface area contributed by atoms with Crippen molar-refractivity contribution in [2.75, 3.05) is 44.7 Å². The number of anilines is 1. The number of hydrogen-bond acceptors (Lipinski definition) is 4. The lowest BCUT2D eigenvalue weighted by Gasteiger charge is -2.43. The van der Waals surface area contributed by atoms with Crippen molar-refractivity contribution < 1.29 is 9.53 Å². The van der Waals surface area contributed by atoms with Crippen molar-refractivity contribution in [3.8, 4) is 5.69 Å². The van der Waals surface area contributed by atoms with Crippen molar-refractivity contribution in [2.24, 2.45) is 0 Å². The minimum atomic E-state index is -0.0686. The molecule has 0 radical (unpaired) electrons. The normalized spacial score (nSPS) is 21.0. The van der Waals surface area contributed by atoms with Crippen molar-refractivity contribution in [1.82, 2.24) is 19.6 Å². The van der Waals surface area contributed by atoms with Crippen LogP contribution in [0.15, 0.2) is 36.5 Å². The lowest BCUT2D eigenvalue weighted by atomic mass is 10.1. The number of aromatic nitrogens is 2. The van der Waals surface area contributed by atoms with E-state index in [2.05, 4.69) is 15.3 Å². The van der Waals surface area contributed by atoms with Gasteiger partial charge in [0, 0.05) is 26.2 Å². The second-order valence-electron chi connectivity index (χ2n) is 6.53. The van der Waals surface area contributed by atoms with Crippen LogP contribution in [-0.2, 0) is 4.74 Å². The van der Waals surface area contributed by atoms with E-state index >= 15 is 0 Å². The van der Waals surface area contributed by atoms with Gasteiger partial charge >= 0.3 is 6.03 Å². The summed E-state index contributed by atoms with van der Waals surface area (Å²) in [5.74, 6) is 0. The number of amides is 2. The predicted molar refractivity (Wildman–Crippen MR) is 95.1 cm³/mol. The summed E-state index contributed by atoms with van der Waals surface area (Å²) < 4.78 is 7.38. The molecule has 1 atom stereocenters. The largest absolute Gasteiger partial charge is 0.378 e. The summed E-state index contributed by atoms with van der Waals surface area (Å²) in [6, 6.07) is 10.1. The minimum absolute atomic E-state index is 0.0686. The fourth-order valence-corrected chi connectivity index (χ4v) is 3.49. The number of benzene rings is 1. The number of ether oxygens (including phenoxy) is 1. The summed E-state index contributed by atoms with van der Waals surface area (Å²) in [6.07, 6.45) is 1.71. The van der Waals surface area contributed by atoms with Crippen LogP contribution in [0.1, 0.15) is 5.69 Å². The van der Waals surface area contributed by atoms with Crippen molar-refractivity contribution in [1.29, 1.82) is 0 Å². The molecule has 2 aliphatic heterocycles. The highest BCUT2D eigenvalue weighted by Crippen LogP contribution is 2.20. The number of morpholine rings is 1. The molecule has 0 bridgehead atoms. The molecule has 2 saturated heterocycles. The fourth-order valence-electron chi connectivity index (χ4n) is 3.49. The van der Waals surface area contributed by atoms with E-state index < -0.39 is 0 Å². The van der Waals surface area contributed by atoms with Gasteiger partial charge in [-0.15, -0.1) is 0 Å². The first kappa shape index (κ1) is 16.1. The smallest absolute Gasteiger partial charge is 0.322 e. The third kappa shape index (κ3) is 3.25. The van der Waals surface area contributed by atoms with Crippen molar-refractivity contribution >= 4 is 11.7 Å². The number of rotatable bonds is 2. The molecule has 4 rings (SSSR count). The molecule has 1 aromatic heterocycles. The Labute approximate surface area is 147 Å². The Kier molecular flexibility index (Phi) is 4.42. The number of nitrogens with zero attached hydrogens (tertiary/aromatic N) is 4. The van der Waals surface area contributed by atoms with Gasteiger partial charge in [0.2, 0.25) is 0 Å². The third-order valence-electron chi connectivity index (χ3n) is 4.98. The van der Waals surface area contributed by atoms with E-state index in [1.807, 2.05) is 46.8 Å². The monoisotopic (exact) mass is 341 g/mol. The number of urea groups is 1. The molecule has 0 saturated carbocycles. The molecular formula is C18H23N5O2. The summed E-state index contributed by atoms with van der Waals surface area (Å²) in [6.45, 7) is 6.77. The van der Waals surface area contributed by atoms with Gasteiger partial charge in [0.05, 0.1) is 42.5 Å². The number of fused-ring (bicyclic) bond motifs is 1. The number of nitrogens with one attached hydrogen (secondary N) is 1. The van der Waals surface area contributed by atoms with Crippen LogP contribution in [0.25, 0.3) is 5.69 Å². The molecule has 3 heterocycles. The van der Waals surface area contributed by atoms with Gasteiger partial charge in [-0.2, -0.15) is 5.10 Å². The first-order valence-corrected chi connectivity index (χ1v) is 8.70. The Morgan fingerprint density at radius 2 is 2.08 bits per heavy atom. The van der Waals surface area contributed by atoms with E-state index in [0.29, 0.717) is 19.2 Å². The molecule has 132 valence electrons. The van der Waals surface area contributed by atoms with Gasteiger partial charge in [0.25, 0.3) is 0 Å². The summed E-state index contributed by atoms with van der Waals surface area (Å²) in [4.78, 5) is 16.9. The molecule has 2 amide bonds. The second kappa shape index (κ2) is 6.85. The van der Waals surface area contributed by atoms with Crippen LogP contribution >= 0.6 is 0 Å². The Bertz CT molecular complexity index is 745. The van der Waals surface area contributed by atoms with Crippen LogP contribution < -0.4 is 5.32 Å². The third-order valence-corrected chi connectivity index (χ3v) is 4.98. The number of piperazine rings is 1. The first-order valence-electron chi connectivity index (χ1n) is 8.70. The molecule has 25 heavy (non-hydrogen) atoms. The van der Waals surface area contributed by atoms with Crippen LogP contribution in [0.3, 0.4) is 0 Å². The number of carbonyl (C=O) groups is 1. The highest BCUT2D eigenvalue weighted by molar-refractivity contribution is 5.90. The topological polar surface area (TPSA) is 62.6 Å². The van der Waals surface area contributed by atoms with E-state index in [1.165, 1.54) is 0 Å². The molecule has 0 spiro atoms. The molecule has 1 N–H and O–H groups in total. The summed E-state index contributed by atoms with van der Waals surface area (Å²) >= 11 is 0. The van der Waals surface area contributed by atoms with Gasteiger partial charge in [-0.25, -0.2) is 9.48 Å². The SMILES string of the molecule is Cc1c(NC(=O)N2CCN3CCOCC3C2)cnn1-c1ccccc1. The quantitative estimate of drug-likeness (QED) is 0.904. The van der Waals surface area contributed by atoms with Gasteiger partial charge in [-0.3, -0.25) is 4.90 Å². The average molecular weight is 341 g/mol. The summed E-state index contributed by atoms with van der Waals surface area (Å²) in [7, 11) is 0.